The first-order chi connectivity index (χ1) is 11.0. The molecule has 0 spiro atoms. The van der Waals surface area contributed by atoms with Gasteiger partial charge in [0, 0.05) is 17.3 Å². The van der Waals surface area contributed by atoms with Crippen LogP contribution >= 0.6 is 11.6 Å². The first-order valence-electron chi connectivity index (χ1n) is 7.21. The van der Waals surface area contributed by atoms with Gasteiger partial charge in [-0.25, -0.2) is 4.39 Å². The molecule has 1 aliphatic rings. The van der Waals surface area contributed by atoms with Crippen LogP contribution in [0.15, 0.2) is 42.5 Å². The van der Waals surface area contributed by atoms with Gasteiger partial charge in [0.2, 0.25) is 5.91 Å². The molecule has 1 saturated carbocycles. The minimum atomic E-state index is -0.677. The first-order valence-corrected chi connectivity index (χ1v) is 7.58. The molecule has 23 heavy (non-hydrogen) atoms. The Labute approximate surface area is 137 Å². The number of anilines is 2. The molecule has 0 atom stereocenters. The molecule has 118 valence electrons. The van der Waals surface area contributed by atoms with E-state index in [9.17, 15) is 14.0 Å². The number of rotatable bonds is 4. The van der Waals surface area contributed by atoms with Gasteiger partial charge in [-0.3, -0.25) is 9.59 Å². The standard InChI is InChI=1S/C17H14ClFN2O2/c18-13-2-1-3-14(19)15(13)17(23)21-12-8-6-11(7-9-12)20-16(22)10-4-5-10/h1-3,6-10H,4-5H2,(H,20,22)(H,21,23). The van der Waals surface area contributed by atoms with Crippen LogP contribution in [0.2, 0.25) is 5.02 Å². The molecule has 0 saturated heterocycles. The van der Waals surface area contributed by atoms with E-state index in [0.29, 0.717) is 11.4 Å². The lowest BCUT2D eigenvalue weighted by atomic mass is 10.2. The minimum Gasteiger partial charge on any atom is -0.326 e. The molecule has 4 nitrogen and oxygen atoms in total. The molecule has 1 fully saturated rings. The van der Waals surface area contributed by atoms with E-state index in [1.54, 1.807) is 24.3 Å². The van der Waals surface area contributed by atoms with Crippen molar-refractivity contribution >= 4 is 34.8 Å². The molecule has 0 bridgehead atoms. The minimum absolute atomic E-state index is 0.0138. The van der Waals surface area contributed by atoms with Gasteiger partial charge in [0.05, 0.1) is 10.6 Å². The topological polar surface area (TPSA) is 58.2 Å². The third-order valence-corrected chi connectivity index (χ3v) is 3.86. The Bertz CT molecular complexity index is 737. The van der Waals surface area contributed by atoms with E-state index >= 15 is 0 Å². The Balaban J connectivity index is 1.68. The number of carbonyl (C=O) groups excluding carboxylic acids is 2. The highest BCUT2D eigenvalue weighted by Gasteiger charge is 2.29. The summed E-state index contributed by atoms with van der Waals surface area (Å²) in [6, 6.07) is 10.7. The van der Waals surface area contributed by atoms with Crippen LogP contribution in [-0.4, -0.2) is 11.8 Å². The highest BCUT2D eigenvalue weighted by molar-refractivity contribution is 6.34. The van der Waals surface area contributed by atoms with E-state index in [2.05, 4.69) is 10.6 Å². The lowest BCUT2D eigenvalue weighted by Crippen LogP contribution is -2.15. The average Bonchev–Trinajstić information content (AvgIpc) is 3.34. The third-order valence-electron chi connectivity index (χ3n) is 3.55. The summed E-state index contributed by atoms with van der Waals surface area (Å²) in [4.78, 5) is 23.8. The summed E-state index contributed by atoms with van der Waals surface area (Å²) < 4.78 is 13.7. The quantitative estimate of drug-likeness (QED) is 0.886. The van der Waals surface area contributed by atoms with Crippen molar-refractivity contribution in [2.45, 2.75) is 12.8 Å². The van der Waals surface area contributed by atoms with E-state index in [1.165, 1.54) is 18.2 Å². The maximum absolute atomic E-state index is 13.7. The van der Waals surface area contributed by atoms with Crippen LogP contribution in [0, 0.1) is 11.7 Å². The van der Waals surface area contributed by atoms with E-state index < -0.39 is 11.7 Å². The van der Waals surface area contributed by atoms with Crippen molar-refractivity contribution in [2.24, 2.45) is 5.92 Å². The SMILES string of the molecule is O=C(Nc1ccc(NC(=O)C2CC2)cc1)c1c(F)cccc1Cl. The smallest absolute Gasteiger partial charge is 0.260 e. The fraction of sp³-hybridized carbons (Fsp3) is 0.176. The molecule has 0 aliphatic heterocycles. The maximum atomic E-state index is 13.7. The van der Waals surface area contributed by atoms with Crippen molar-refractivity contribution < 1.29 is 14.0 Å². The number of carbonyl (C=O) groups is 2. The first kappa shape index (κ1) is 15.5. The van der Waals surface area contributed by atoms with E-state index in [-0.39, 0.29) is 22.4 Å². The van der Waals surface area contributed by atoms with Gasteiger partial charge >= 0.3 is 0 Å². The van der Waals surface area contributed by atoms with Crippen LogP contribution in [0.25, 0.3) is 0 Å². The molecule has 3 rings (SSSR count). The zero-order chi connectivity index (χ0) is 16.4. The van der Waals surface area contributed by atoms with Crippen LogP contribution < -0.4 is 10.6 Å². The van der Waals surface area contributed by atoms with E-state index in [0.717, 1.165) is 12.8 Å². The van der Waals surface area contributed by atoms with Crippen molar-refractivity contribution in [2.75, 3.05) is 10.6 Å². The zero-order valence-corrected chi connectivity index (χ0v) is 12.9. The van der Waals surface area contributed by atoms with Crippen LogP contribution in [0.1, 0.15) is 23.2 Å². The highest BCUT2D eigenvalue weighted by atomic mass is 35.5. The Hall–Kier alpha value is -2.40. The van der Waals surface area contributed by atoms with Gasteiger partial charge in [0.15, 0.2) is 0 Å². The molecule has 0 unspecified atom stereocenters. The van der Waals surface area contributed by atoms with Crippen molar-refractivity contribution in [1.82, 2.24) is 0 Å². The molecule has 0 aromatic heterocycles. The molecule has 2 N–H and O–H groups in total. The van der Waals surface area contributed by atoms with Gasteiger partial charge in [-0.15, -0.1) is 0 Å². The number of halogens is 2. The van der Waals surface area contributed by atoms with Crippen molar-refractivity contribution in [3.8, 4) is 0 Å². The molecule has 6 heteroatoms. The van der Waals surface area contributed by atoms with Crippen molar-refractivity contribution in [3.05, 3.63) is 58.9 Å². The summed E-state index contributed by atoms with van der Waals surface area (Å²) in [6.07, 6.45) is 1.87. The average molecular weight is 333 g/mol. The lowest BCUT2D eigenvalue weighted by molar-refractivity contribution is -0.117. The van der Waals surface area contributed by atoms with Gasteiger partial charge < -0.3 is 10.6 Å². The van der Waals surface area contributed by atoms with Gasteiger partial charge in [-0.05, 0) is 49.2 Å². The second-order valence-corrected chi connectivity index (χ2v) is 5.80. The fourth-order valence-corrected chi connectivity index (χ4v) is 2.38. The van der Waals surface area contributed by atoms with Gasteiger partial charge in [-0.1, -0.05) is 17.7 Å². The molecule has 0 radical (unpaired) electrons. The maximum Gasteiger partial charge on any atom is 0.260 e. The molecular formula is C17H14ClFN2O2. The van der Waals surface area contributed by atoms with Crippen LogP contribution in [0.5, 0.6) is 0 Å². The predicted molar refractivity (Wildman–Crippen MR) is 87.2 cm³/mol. The third kappa shape index (κ3) is 3.68. The Kier molecular flexibility index (Phi) is 4.30. The summed E-state index contributed by atoms with van der Waals surface area (Å²) in [6.45, 7) is 0. The Morgan fingerprint density at radius 1 is 1.00 bits per heavy atom. The molecule has 1 aliphatic carbocycles. The number of nitrogens with one attached hydrogen (secondary N) is 2. The second-order valence-electron chi connectivity index (χ2n) is 5.39. The highest BCUT2D eigenvalue weighted by Crippen LogP contribution is 2.30. The fourth-order valence-electron chi connectivity index (χ4n) is 2.14. The van der Waals surface area contributed by atoms with E-state index in [1.807, 2.05) is 0 Å². The zero-order valence-electron chi connectivity index (χ0n) is 12.1. The van der Waals surface area contributed by atoms with Gasteiger partial charge in [-0.2, -0.15) is 0 Å². The number of benzene rings is 2. The normalized spacial score (nSPS) is 13.5. The van der Waals surface area contributed by atoms with Crippen molar-refractivity contribution in [1.29, 1.82) is 0 Å². The van der Waals surface area contributed by atoms with Crippen LogP contribution in [0.3, 0.4) is 0 Å². The summed E-state index contributed by atoms with van der Waals surface area (Å²) in [5.74, 6) is -1.16. The van der Waals surface area contributed by atoms with E-state index in [4.69, 9.17) is 11.6 Å². The lowest BCUT2D eigenvalue weighted by Gasteiger charge is -2.09. The predicted octanol–water partition coefficient (Wildman–Crippen LogP) is 4.08. The second kappa shape index (κ2) is 6.38. The summed E-state index contributed by atoms with van der Waals surface area (Å²) in [5.41, 5.74) is 0.947. The molecular weight excluding hydrogens is 319 g/mol. The molecule has 2 aromatic carbocycles. The molecule has 2 aromatic rings. The number of amides is 2. The Morgan fingerprint density at radius 3 is 2.17 bits per heavy atom. The largest absolute Gasteiger partial charge is 0.326 e. The molecule has 2 amide bonds. The Morgan fingerprint density at radius 2 is 1.61 bits per heavy atom. The van der Waals surface area contributed by atoms with Gasteiger partial charge in [0.25, 0.3) is 5.91 Å². The van der Waals surface area contributed by atoms with Crippen LogP contribution in [0.4, 0.5) is 15.8 Å². The number of hydrogen-bond donors (Lipinski definition) is 2. The van der Waals surface area contributed by atoms with Crippen molar-refractivity contribution in [3.63, 3.8) is 0 Å². The molecule has 0 heterocycles. The summed E-state index contributed by atoms with van der Waals surface area (Å²) in [5, 5.41) is 5.43. The monoisotopic (exact) mass is 332 g/mol. The van der Waals surface area contributed by atoms with Gasteiger partial charge in [0.1, 0.15) is 5.82 Å². The summed E-state index contributed by atoms with van der Waals surface area (Å²) >= 11 is 5.86. The van der Waals surface area contributed by atoms with Crippen LogP contribution in [-0.2, 0) is 4.79 Å². The summed E-state index contributed by atoms with van der Waals surface area (Å²) in [7, 11) is 0. The number of hydrogen-bond acceptors (Lipinski definition) is 2.